The molecule has 1 atom stereocenters. The van der Waals surface area contributed by atoms with E-state index in [1.54, 1.807) is 26.0 Å². The molecule has 1 aliphatic heterocycles. The van der Waals surface area contributed by atoms with Crippen LogP contribution in [0.3, 0.4) is 0 Å². The van der Waals surface area contributed by atoms with E-state index in [0.29, 0.717) is 11.3 Å². The number of halogens is 1. The van der Waals surface area contributed by atoms with Crippen molar-refractivity contribution in [2.75, 3.05) is 18.5 Å². The van der Waals surface area contributed by atoms with Crippen LogP contribution in [0.2, 0.25) is 0 Å². The molecular weight excluding hydrogens is 407 g/mol. The molecule has 0 spiro atoms. The maximum Gasteiger partial charge on any atom is 0.338 e. The molecule has 0 bridgehead atoms. The Kier molecular flexibility index (Phi) is 6.96. The molecule has 0 aromatic heterocycles. The lowest BCUT2D eigenvalue weighted by Gasteiger charge is -2.12. The monoisotopic (exact) mass is 428 g/mol. The number of nitrogens with zero attached hydrogens (tertiary/aromatic N) is 1. The van der Waals surface area contributed by atoms with Gasteiger partial charge >= 0.3 is 11.9 Å². The van der Waals surface area contributed by atoms with E-state index in [1.807, 2.05) is 0 Å². The highest BCUT2D eigenvalue weighted by Gasteiger charge is 2.29. The van der Waals surface area contributed by atoms with Crippen molar-refractivity contribution in [3.8, 4) is 0 Å². The molecule has 31 heavy (non-hydrogen) atoms. The zero-order valence-corrected chi connectivity index (χ0v) is 17.0. The number of ether oxygens (including phenoxy) is 2. The molecule has 1 unspecified atom stereocenters. The van der Waals surface area contributed by atoms with E-state index in [0.717, 1.165) is 0 Å². The Morgan fingerprint density at radius 2 is 1.71 bits per heavy atom. The third-order valence-corrected chi connectivity index (χ3v) is 4.34. The molecule has 0 radical (unpaired) electrons. The molecule has 0 saturated carbocycles. The van der Waals surface area contributed by atoms with Crippen LogP contribution in [0.1, 0.15) is 46.5 Å². The van der Waals surface area contributed by atoms with E-state index in [-0.39, 0.29) is 36.4 Å². The Balaban J connectivity index is 1.75. The minimum atomic E-state index is -0.949. The summed E-state index contributed by atoms with van der Waals surface area (Å²) >= 11 is 0. The number of nitrogens with one attached hydrogen (secondary N) is 1. The van der Waals surface area contributed by atoms with Crippen LogP contribution in [0.4, 0.5) is 10.1 Å². The van der Waals surface area contributed by atoms with Gasteiger partial charge in [-0.05, 0) is 44.2 Å². The van der Waals surface area contributed by atoms with Gasteiger partial charge in [0.1, 0.15) is 5.82 Å². The minimum Gasteiger partial charge on any atom is -0.462 e. The smallest absolute Gasteiger partial charge is 0.338 e. The van der Waals surface area contributed by atoms with E-state index < -0.39 is 29.8 Å². The fourth-order valence-electron chi connectivity index (χ4n) is 2.94. The van der Waals surface area contributed by atoms with Crippen molar-refractivity contribution < 1.29 is 33.1 Å². The van der Waals surface area contributed by atoms with Crippen molar-refractivity contribution in [1.29, 1.82) is 0 Å². The van der Waals surface area contributed by atoms with Crippen LogP contribution in [0.25, 0.3) is 0 Å². The number of amides is 1. The quantitative estimate of drug-likeness (QED) is 0.679. The van der Waals surface area contributed by atoms with Crippen LogP contribution >= 0.6 is 0 Å². The summed E-state index contributed by atoms with van der Waals surface area (Å²) in [5.74, 6) is -2.24. The third kappa shape index (κ3) is 5.44. The summed E-state index contributed by atoms with van der Waals surface area (Å²) in [6.45, 7) is 3.62. The number of anilines is 1. The molecule has 1 N–H and O–H groups in total. The van der Waals surface area contributed by atoms with Gasteiger partial charge in [-0.3, -0.25) is 4.79 Å². The van der Waals surface area contributed by atoms with Crippen LogP contribution in [-0.4, -0.2) is 42.9 Å². The van der Waals surface area contributed by atoms with Gasteiger partial charge in [0.05, 0.1) is 30.1 Å². The van der Waals surface area contributed by atoms with Crippen LogP contribution in [0, 0.1) is 5.82 Å². The summed E-state index contributed by atoms with van der Waals surface area (Å²) < 4.78 is 23.4. The van der Waals surface area contributed by atoms with Gasteiger partial charge in [0.25, 0.3) is 5.91 Å². The van der Waals surface area contributed by atoms with Crippen LogP contribution in [0.15, 0.2) is 47.6 Å². The Bertz CT molecular complexity index is 1000. The summed E-state index contributed by atoms with van der Waals surface area (Å²) in [4.78, 5) is 42.1. The number of oxime groups is 1. The van der Waals surface area contributed by atoms with Crippen molar-refractivity contribution in [3.05, 3.63) is 65.0 Å². The minimum absolute atomic E-state index is 0.0896. The second kappa shape index (κ2) is 9.84. The van der Waals surface area contributed by atoms with Gasteiger partial charge in [-0.15, -0.1) is 0 Å². The highest BCUT2D eigenvalue weighted by atomic mass is 19.1. The first-order valence-electron chi connectivity index (χ1n) is 9.70. The number of hydrogen-bond acceptors (Lipinski definition) is 7. The van der Waals surface area contributed by atoms with Gasteiger partial charge < -0.3 is 19.6 Å². The number of hydrogen-bond donors (Lipinski definition) is 1. The lowest BCUT2D eigenvalue weighted by Crippen LogP contribution is -2.28. The normalized spacial score (nSPS) is 14.9. The lowest BCUT2D eigenvalue weighted by atomic mass is 10.0. The molecule has 0 aliphatic carbocycles. The highest BCUT2D eigenvalue weighted by molar-refractivity contribution is 6.06. The van der Waals surface area contributed by atoms with E-state index in [1.165, 1.54) is 30.3 Å². The largest absolute Gasteiger partial charge is 0.462 e. The maximum atomic E-state index is 13.4. The molecule has 2 aromatic carbocycles. The van der Waals surface area contributed by atoms with E-state index in [4.69, 9.17) is 14.3 Å². The Hall–Kier alpha value is -3.75. The second-order valence-corrected chi connectivity index (χ2v) is 6.58. The standard InChI is InChI=1S/C22H21FN2O6/c1-3-29-21(27)14-8-15(22(28)30-4-2)11-17(10-14)24-20(26)19-12-18(25-31-19)13-6-5-7-16(23)9-13/h5-11,19H,3-4,12H2,1-2H3,(H,24,26). The van der Waals surface area contributed by atoms with Crippen molar-refractivity contribution in [1.82, 2.24) is 0 Å². The van der Waals surface area contributed by atoms with Gasteiger partial charge in [0, 0.05) is 17.7 Å². The molecule has 162 valence electrons. The van der Waals surface area contributed by atoms with Gasteiger partial charge in [-0.1, -0.05) is 17.3 Å². The molecule has 2 aromatic rings. The molecule has 3 rings (SSSR count). The molecule has 1 heterocycles. The number of carbonyl (C=O) groups is 3. The first kappa shape index (κ1) is 21.9. The van der Waals surface area contributed by atoms with Crippen molar-refractivity contribution in [2.24, 2.45) is 5.16 Å². The van der Waals surface area contributed by atoms with Crippen molar-refractivity contribution in [3.63, 3.8) is 0 Å². The van der Waals surface area contributed by atoms with E-state index in [9.17, 15) is 18.8 Å². The summed E-state index contributed by atoms with van der Waals surface area (Å²) in [7, 11) is 0. The molecule has 0 fully saturated rings. The molecule has 1 amide bonds. The van der Waals surface area contributed by atoms with Crippen molar-refractivity contribution >= 4 is 29.2 Å². The molecule has 9 heteroatoms. The van der Waals surface area contributed by atoms with Crippen LogP contribution < -0.4 is 5.32 Å². The predicted octanol–water partition coefficient (Wildman–Crippen LogP) is 3.31. The van der Waals surface area contributed by atoms with Crippen LogP contribution in [-0.2, 0) is 19.1 Å². The first-order valence-corrected chi connectivity index (χ1v) is 9.70. The number of rotatable bonds is 7. The fraction of sp³-hybridized carbons (Fsp3) is 0.273. The highest BCUT2D eigenvalue weighted by Crippen LogP contribution is 2.21. The zero-order chi connectivity index (χ0) is 22.4. The lowest BCUT2D eigenvalue weighted by molar-refractivity contribution is -0.125. The van der Waals surface area contributed by atoms with Crippen LogP contribution in [0.5, 0.6) is 0 Å². The average Bonchev–Trinajstić information content (AvgIpc) is 3.24. The second-order valence-electron chi connectivity index (χ2n) is 6.58. The molecule has 1 aliphatic rings. The number of esters is 2. The zero-order valence-electron chi connectivity index (χ0n) is 17.0. The molecular formula is C22H21FN2O6. The SMILES string of the molecule is CCOC(=O)c1cc(NC(=O)C2CC(c3cccc(F)c3)=NO2)cc(C(=O)OCC)c1. The number of carbonyl (C=O) groups excluding carboxylic acids is 3. The summed E-state index contributed by atoms with van der Waals surface area (Å²) in [5, 5.41) is 6.49. The van der Waals surface area contributed by atoms with E-state index in [2.05, 4.69) is 10.5 Å². The Labute approximate surface area is 178 Å². The maximum absolute atomic E-state index is 13.4. The van der Waals surface area contributed by atoms with Gasteiger partial charge in [-0.2, -0.15) is 0 Å². The Morgan fingerprint density at radius 3 is 2.29 bits per heavy atom. The molecule has 0 saturated heterocycles. The van der Waals surface area contributed by atoms with Gasteiger partial charge in [0.2, 0.25) is 6.10 Å². The van der Waals surface area contributed by atoms with Crippen molar-refractivity contribution in [2.45, 2.75) is 26.4 Å². The fourth-order valence-corrected chi connectivity index (χ4v) is 2.94. The third-order valence-electron chi connectivity index (χ3n) is 4.34. The topological polar surface area (TPSA) is 103 Å². The molecule has 8 nitrogen and oxygen atoms in total. The Morgan fingerprint density at radius 1 is 1.06 bits per heavy atom. The van der Waals surface area contributed by atoms with Gasteiger partial charge in [-0.25, -0.2) is 14.0 Å². The summed E-state index contributed by atoms with van der Waals surface area (Å²) in [6, 6.07) is 9.93. The van der Waals surface area contributed by atoms with Gasteiger partial charge in [0.15, 0.2) is 0 Å². The average molecular weight is 428 g/mol. The summed E-state index contributed by atoms with van der Waals surface area (Å²) in [6.07, 6.45) is -0.812. The predicted molar refractivity (Wildman–Crippen MR) is 109 cm³/mol. The number of benzene rings is 2. The van der Waals surface area contributed by atoms with E-state index >= 15 is 0 Å². The first-order chi connectivity index (χ1) is 14.9. The summed E-state index contributed by atoms with van der Waals surface area (Å²) in [5.41, 5.74) is 1.33.